The molecule has 0 aromatic heterocycles. The van der Waals surface area contributed by atoms with E-state index in [1.807, 2.05) is 24.3 Å². The van der Waals surface area contributed by atoms with Crippen LogP contribution in [0.4, 0.5) is 5.69 Å². The van der Waals surface area contributed by atoms with Crippen molar-refractivity contribution in [1.29, 1.82) is 0 Å². The summed E-state index contributed by atoms with van der Waals surface area (Å²) in [6.07, 6.45) is 4.91. The van der Waals surface area contributed by atoms with Crippen LogP contribution in [0.1, 0.15) is 39.9 Å². The summed E-state index contributed by atoms with van der Waals surface area (Å²) in [4.78, 5) is 12.5. The lowest BCUT2D eigenvalue weighted by Gasteiger charge is -2.20. The fourth-order valence-electron chi connectivity index (χ4n) is 3.66. The Kier molecular flexibility index (Phi) is 4.00. The average molecular weight is 356 g/mol. The number of para-hydroxylation sites is 1. The maximum Gasteiger partial charge on any atom is 0.326 e. The molecule has 5 nitrogen and oxygen atoms in total. The normalized spacial score (nSPS) is 16.2. The second-order valence-corrected chi connectivity index (χ2v) is 8.17. The van der Waals surface area contributed by atoms with Gasteiger partial charge in [0.25, 0.3) is 5.91 Å². The number of aryl methyl sites for hydroxylation is 2. The van der Waals surface area contributed by atoms with E-state index in [1.54, 1.807) is 18.2 Å². The highest BCUT2D eigenvalue weighted by molar-refractivity contribution is 7.91. The van der Waals surface area contributed by atoms with E-state index >= 15 is 0 Å². The second kappa shape index (κ2) is 6.19. The van der Waals surface area contributed by atoms with E-state index in [-0.39, 0.29) is 0 Å². The quantitative estimate of drug-likeness (QED) is 0.919. The number of carbonyl (C=O) groups is 1. The van der Waals surface area contributed by atoms with E-state index in [0.29, 0.717) is 24.2 Å². The van der Waals surface area contributed by atoms with Gasteiger partial charge in [0.15, 0.2) is 0 Å². The first kappa shape index (κ1) is 16.1. The summed E-state index contributed by atoms with van der Waals surface area (Å²) >= 11 is 0. The maximum atomic E-state index is 12.7. The minimum atomic E-state index is -3.91. The molecule has 0 bridgehead atoms. The summed E-state index contributed by atoms with van der Waals surface area (Å²) in [6, 6.07) is 12.9. The first-order chi connectivity index (χ1) is 12.0. The Morgan fingerprint density at radius 3 is 2.52 bits per heavy atom. The van der Waals surface area contributed by atoms with Gasteiger partial charge >= 0.3 is 10.2 Å². The Balaban J connectivity index is 1.56. The molecular formula is C19H20N2O3S. The molecule has 1 N–H and O–H groups in total. The highest BCUT2D eigenvalue weighted by atomic mass is 32.2. The highest BCUT2D eigenvalue weighted by Crippen LogP contribution is 2.29. The van der Waals surface area contributed by atoms with Gasteiger partial charge in [-0.15, -0.1) is 0 Å². The van der Waals surface area contributed by atoms with Gasteiger partial charge in [-0.3, -0.25) is 9.10 Å². The van der Waals surface area contributed by atoms with Crippen molar-refractivity contribution in [3.05, 3.63) is 64.7 Å². The topological polar surface area (TPSA) is 66.5 Å². The van der Waals surface area contributed by atoms with Gasteiger partial charge < -0.3 is 0 Å². The van der Waals surface area contributed by atoms with Gasteiger partial charge in [-0.25, -0.2) is 4.72 Å². The van der Waals surface area contributed by atoms with Gasteiger partial charge in [0.05, 0.1) is 5.69 Å². The molecule has 1 amide bonds. The molecule has 0 spiro atoms. The molecule has 2 aromatic rings. The fraction of sp³-hybridized carbons (Fsp3) is 0.316. The highest BCUT2D eigenvalue weighted by Gasteiger charge is 2.30. The standard InChI is InChI=1S/C19H20N2O3S/c22-19(17-10-9-14-5-1-2-7-16(14)13-17)20-25(23,24)21-12-11-15-6-3-4-8-18(15)21/h3-4,6,8-10,13H,1-2,5,7,11-12H2,(H,20,22). The first-order valence-corrected chi connectivity index (χ1v) is 10.0. The number of carbonyl (C=O) groups excluding carboxylic acids is 1. The van der Waals surface area contributed by atoms with Gasteiger partial charge in [0.2, 0.25) is 0 Å². The van der Waals surface area contributed by atoms with Crippen LogP contribution in [-0.2, 0) is 29.5 Å². The Morgan fingerprint density at radius 2 is 1.68 bits per heavy atom. The van der Waals surface area contributed by atoms with Crippen LogP contribution >= 0.6 is 0 Å². The molecule has 0 saturated carbocycles. The van der Waals surface area contributed by atoms with Crippen LogP contribution in [0.3, 0.4) is 0 Å². The Bertz CT molecular complexity index is 937. The number of fused-ring (bicyclic) bond motifs is 2. The molecule has 1 heterocycles. The molecule has 25 heavy (non-hydrogen) atoms. The second-order valence-electron chi connectivity index (χ2n) is 6.58. The summed E-state index contributed by atoms with van der Waals surface area (Å²) < 4.78 is 28.8. The first-order valence-electron chi connectivity index (χ1n) is 8.59. The van der Waals surface area contributed by atoms with E-state index in [2.05, 4.69) is 4.72 Å². The third-order valence-electron chi connectivity index (χ3n) is 4.97. The lowest BCUT2D eigenvalue weighted by molar-refractivity contribution is 0.0981. The molecule has 2 aromatic carbocycles. The maximum absolute atomic E-state index is 12.7. The monoisotopic (exact) mass is 356 g/mol. The van der Waals surface area contributed by atoms with E-state index in [1.165, 1.54) is 16.3 Å². The number of hydrogen-bond donors (Lipinski definition) is 1. The summed E-state index contributed by atoms with van der Waals surface area (Å²) in [5.41, 5.74) is 4.45. The number of nitrogens with one attached hydrogen (secondary N) is 1. The molecular weight excluding hydrogens is 336 g/mol. The molecule has 0 atom stereocenters. The Labute approximate surface area is 147 Å². The number of anilines is 1. The molecule has 1 aliphatic heterocycles. The van der Waals surface area contributed by atoms with E-state index in [0.717, 1.165) is 30.4 Å². The van der Waals surface area contributed by atoms with Crippen LogP contribution in [0.2, 0.25) is 0 Å². The molecule has 4 rings (SSSR count). The van der Waals surface area contributed by atoms with Gasteiger partial charge in [0.1, 0.15) is 0 Å². The van der Waals surface area contributed by atoms with Crippen molar-refractivity contribution >= 4 is 21.8 Å². The Morgan fingerprint density at radius 1 is 0.920 bits per heavy atom. The van der Waals surface area contributed by atoms with Gasteiger partial charge in [-0.1, -0.05) is 24.3 Å². The number of amides is 1. The SMILES string of the molecule is O=C(NS(=O)(=O)N1CCc2ccccc21)c1ccc2c(c1)CCCC2. The van der Waals surface area contributed by atoms with Crippen molar-refractivity contribution in [3.8, 4) is 0 Å². The van der Waals surface area contributed by atoms with Crippen molar-refractivity contribution in [2.45, 2.75) is 32.1 Å². The molecule has 2 aliphatic rings. The number of hydrogen-bond acceptors (Lipinski definition) is 3. The molecule has 1 aliphatic carbocycles. The zero-order chi connectivity index (χ0) is 17.4. The van der Waals surface area contributed by atoms with Crippen molar-refractivity contribution in [1.82, 2.24) is 4.72 Å². The predicted molar refractivity (Wildman–Crippen MR) is 97.0 cm³/mol. The van der Waals surface area contributed by atoms with E-state index in [9.17, 15) is 13.2 Å². The average Bonchev–Trinajstić information content (AvgIpc) is 3.06. The zero-order valence-corrected chi connectivity index (χ0v) is 14.7. The van der Waals surface area contributed by atoms with Gasteiger partial charge in [-0.05, 0) is 67.0 Å². The van der Waals surface area contributed by atoms with Crippen molar-refractivity contribution in [3.63, 3.8) is 0 Å². The molecule has 130 valence electrons. The number of rotatable bonds is 3. The van der Waals surface area contributed by atoms with Crippen molar-refractivity contribution in [2.24, 2.45) is 0 Å². The van der Waals surface area contributed by atoms with E-state index < -0.39 is 16.1 Å². The summed E-state index contributed by atoms with van der Waals surface area (Å²) in [6.45, 7) is 0.353. The van der Waals surface area contributed by atoms with Crippen LogP contribution in [0.25, 0.3) is 0 Å². The summed E-state index contributed by atoms with van der Waals surface area (Å²) in [7, 11) is -3.91. The number of benzene rings is 2. The van der Waals surface area contributed by atoms with Gasteiger partial charge in [-0.2, -0.15) is 8.42 Å². The molecule has 0 radical (unpaired) electrons. The number of nitrogens with zero attached hydrogens (tertiary/aromatic N) is 1. The van der Waals surface area contributed by atoms with E-state index in [4.69, 9.17) is 0 Å². The fourth-order valence-corrected chi connectivity index (χ4v) is 4.89. The van der Waals surface area contributed by atoms with Crippen LogP contribution in [0.5, 0.6) is 0 Å². The zero-order valence-electron chi connectivity index (χ0n) is 13.9. The summed E-state index contributed by atoms with van der Waals surface area (Å²) in [5.74, 6) is -0.572. The van der Waals surface area contributed by atoms with Crippen LogP contribution in [-0.4, -0.2) is 20.9 Å². The lowest BCUT2D eigenvalue weighted by atomic mass is 9.90. The molecule has 0 saturated heterocycles. The molecule has 6 heteroatoms. The third-order valence-corrected chi connectivity index (χ3v) is 6.37. The van der Waals surface area contributed by atoms with Crippen LogP contribution in [0.15, 0.2) is 42.5 Å². The third kappa shape index (κ3) is 3.02. The smallest absolute Gasteiger partial charge is 0.268 e. The van der Waals surface area contributed by atoms with Crippen LogP contribution < -0.4 is 9.03 Å². The largest absolute Gasteiger partial charge is 0.326 e. The van der Waals surface area contributed by atoms with Crippen LogP contribution in [0, 0.1) is 0 Å². The molecule has 0 unspecified atom stereocenters. The summed E-state index contributed by atoms with van der Waals surface area (Å²) in [5, 5.41) is 0. The van der Waals surface area contributed by atoms with Gasteiger partial charge in [0, 0.05) is 12.1 Å². The lowest BCUT2D eigenvalue weighted by Crippen LogP contribution is -2.42. The molecule has 0 fully saturated rings. The minimum Gasteiger partial charge on any atom is -0.268 e. The predicted octanol–water partition coefficient (Wildman–Crippen LogP) is 2.60. The minimum absolute atomic E-state index is 0.353. The van der Waals surface area contributed by atoms with Crippen molar-refractivity contribution < 1.29 is 13.2 Å². The van der Waals surface area contributed by atoms with Crippen molar-refractivity contribution in [2.75, 3.05) is 10.8 Å². The Hall–Kier alpha value is -2.34.